The monoisotopic (exact) mass is 1450 g/mol. The van der Waals surface area contributed by atoms with Gasteiger partial charge in [-0.25, -0.2) is 4.79 Å². The van der Waals surface area contributed by atoms with Gasteiger partial charge in [-0.1, -0.05) is 0 Å². The molecule has 0 unspecified atom stereocenters. The molecule has 0 saturated heterocycles. The normalized spacial score (nSPS) is 13.4. The van der Waals surface area contributed by atoms with Crippen LogP contribution in [0, 0.1) is 10.1 Å². The van der Waals surface area contributed by atoms with E-state index in [9.17, 15) is 139 Å². The SMILES string of the molecule is Nc1c(N=Nc2ccc3c(O)c(N=Nc4cc(N=Nc5c(C(=O)O)nn(-c6ccc(S(=O)(=O)O)cc6)c5O)c(S(=O)(=O)O)cc4S(=O)(=O)O)c(S(=O)(=O)O)cc3c2S(=O)(=O)O)cc(S(=O)(=O)O)c2cc(S(=O)(=O)O)c(N=Nc3ccc([N+](=O)[O-])cc3S(=O)(=O)O)c(O)c12. The van der Waals surface area contributed by atoms with E-state index in [1.54, 1.807) is 0 Å². The quantitative estimate of drug-likeness (QED) is 0.0142. The predicted octanol–water partition coefficient (Wildman–Crippen LogP) is 6.12. The van der Waals surface area contributed by atoms with Gasteiger partial charge in [0.15, 0.2) is 17.2 Å². The molecule has 490 valence electrons. The summed E-state index contributed by atoms with van der Waals surface area (Å²) >= 11 is 0. The molecule has 1 aromatic heterocycles. The molecular weight excluding hydrogens is 1430 g/mol. The highest BCUT2D eigenvalue weighted by molar-refractivity contribution is 7.88. The molecule has 0 saturated carbocycles. The lowest BCUT2D eigenvalue weighted by molar-refractivity contribution is -0.385. The Morgan fingerprint density at radius 1 is 0.441 bits per heavy atom. The summed E-state index contributed by atoms with van der Waals surface area (Å²) in [7, 11) is -45.2. The zero-order valence-electron chi connectivity index (χ0n) is 44.0. The Morgan fingerprint density at radius 3 is 1.35 bits per heavy atom. The number of carboxylic acid groups (broad SMARTS) is 1. The number of benzene rings is 7. The summed E-state index contributed by atoms with van der Waals surface area (Å²) in [6.45, 7) is 0. The molecule has 0 atom stereocenters. The van der Waals surface area contributed by atoms with Crippen LogP contribution in [0.2, 0.25) is 0 Å². The van der Waals surface area contributed by atoms with E-state index in [0.29, 0.717) is 28.9 Å². The van der Waals surface area contributed by atoms with Crippen molar-refractivity contribution in [1.29, 1.82) is 0 Å². The Kier molecular flexibility index (Phi) is 17.5. The molecule has 8 aromatic rings. The Labute approximate surface area is 515 Å². The van der Waals surface area contributed by atoms with Crippen LogP contribution in [0.5, 0.6) is 17.4 Å². The van der Waals surface area contributed by atoms with Crippen molar-refractivity contribution in [2.75, 3.05) is 5.73 Å². The highest BCUT2D eigenvalue weighted by Gasteiger charge is 2.33. The number of aromatic carboxylic acids is 1. The number of phenols is 2. The molecule has 51 heteroatoms. The summed E-state index contributed by atoms with van der Waals surface area (Å²) in [5.74, 6) is -6.48. The van der Waals surface area contributed by atoms with Crippen LogP contribution < -0.4 is 5.73 Å². The standard InChI is InChI=1S/C42H28N12O31S8/c43-33-25(13-26(87(65,66)67)20-11-31(92(80,81)82)35(39(56)32(20)33)50-44-21-7-3-16(54(60)61)9-27(21)88(68,69)70)48-45-22-8-6-18-19(40(22)93(83,84)85)10-30(91(77,78)79)34(38(18)55)49-46-23-12-24(29(90(74,75)76)14-28(23)89(71,72)73)47-51-36-37(42(58)59)52-53(41(36)57)15-1-4-17(5-2-15)86(62,63)64/h1-14,55-57H,43H2,(H,58,59)(H,62,63,64)(H,65,66,67)(H,68,69,70)(H,71,72,73)(H,74,75,76)(H,77,78,79)(H,80,81,82)(H,83,84,85). The highest BCUT2D eigenvalue weighted by Crippen LogP contribution is 2.51. The van der Waals surface area contributed by atoms with Crippen LogP contribution in [0.4, 0.5) is 56.9 Å². The molecule has 1 heterocycles. The fourth-order valence-electron chi connectivity index (χ4n) is 8.13. The molecule has 0 spiro atoms. The van der Waals surface area contributed by atoms with E-state index < -0.39 is 232 Å². The van der Waals surface area contributed by atoms with Gasteiger partial charge in [-0.2, -0.15) is 77.1 Å². The van der Waals surface area contributed by atoms with Crippen LogP contribution in [0.25, 0.3) is 27.2 Å². The second-order valence-electron chi connectivity index (χ2n) is 17.9. The van der Waals surface area contributed by atoms with E-state index in [4.69, 9.17) is 5.73 Å². The van der Waals surface area contributed by atoms with E-state index in [1.165, 1.54) is 0 Å². The number of hydrogen-bond acceptors (Lipinski definition) is 32. The number of nitrogens with two attached hydrogens (primary N) is 1. The van der Waals surface area contributed by atoms with Crippen molar-refractivity contribution in [1.82, 2.24) is 9.78 Å². The number of nitro benzene ring substituents is 1. The molecular formula is C42H28N12O31S8. The van der Waals surface area contributed by atoms with Gasteiger partial charge in [-0.3, -0.25) is 46.5 Å². The number of hydrogen-bond donors (Lipinski definition) is 13. The molecule has 0 aliphatic carbocycles. The minimum Gasteiger partial charge on any atom is -0.505 e. The van der Waals surface area contributed by atoms with Gasteiger partial charge >= 0.3 is 5.97 Å². The van der Waals surface area contributed by atoms with E-state index >= 15 is 0 Å². The largest absolute Gasteiger partial charge is 0.505 e. The topological polar surface area (TPSA) is 719 Å². The van der Waals surface area contributed by atoms with Crippen LogP contribution in [0.15, 0.2) is 165 Å². The van der Waals surface area contributed by atoms with Crippen LogP contribution in [0.1, 0.15) is 10.5 Å². The van der Waals surface area contributed by atoms with E-state index in [2.05, 4.69) is 46.0 Å². The Hall–Kier alpha value is -9.98. The van der Waals surface area contributed by atoms with Crippen molar-refractivity contribution in [2.45, 2.75) is 39.2 Å². The molecule has 43 nitrogen and oxygen atoms in total. The number of fused-ring (bicyclic) bond motifs is 2. The predicted molar refractivity (Wildman–Crippen MR) is 303 cm³/mol. The summed E-state index contributed by atoms with van der Waals surface area (Å²) in [6.07, 6.45) is 0. The minimum atomic E-state index is -5.96. The van der Waals surface area contributed by atoms with Gasteiger partial charge in [0.05, 0.1) is 26.6 Å². The number of phenolic OH excluding ortho intramolecular Hbond substituents is 2. The van der Waals surface area contributed by atoms with E-state index in [1.807, 2.05) is 0 Å². The van der Waals surface area contributed by atoms with Gasteiger partial charge in [0, 0.05) is 28.3 Å². The summed E-state index contributed by atoms with van der Waals surface area (Å²) in [6, 6.07) is 6.48. The molecule has 0 aliphatic heterocycles. The van der Waals surface area contributed by atoms with Crippen molar-refractivity contribution >= 4 is 165 Å². The number of anilines is 1. The molecule has 0 fully saturated rings. The maximum Gasteiger partial charge on any atom is 0.358 e. The number of nitrogens with zero attached hydrogens (tertiary/aromatic N) is 11. The molecule has 0 radical (unpaired) electrons. The third kappa shape index (κ3) is 14.0. The Morgan fingerprint density at radius 2 is 0.882 bits per heavy atom. The fraction of sp³-hybridized carbons (Fsp3) is 0. The molecule has 8 rings (SSSR count). The maximum absolute atomic E-state index is 13.2. The number of nitrogen functional groups attached to an aromatic ring is 1. The number of nitro groups is 1. The molecule has 14 N–H and O–H groups in total. The van der Waals surface area contributed by atoms with Crippen LogP contribution in [-0.2, 0) is 80.9 Å². The van der Waals surface area contributed by atoms with Crippen LogP contribution in [-0.4, -0.2) is 145 Å². The Balaban J connectivity index is 1.30. The molecule has 93 heavy (non-hydrogen) atoms. The van der Waals surface area contributed by atoms with Gasteiger partial charge < -0.3 is 26.2 Å². The maximum atomic E-state index is 13.2. The van der Waals surface area contributed by atoms with Gasteiger partial charge in [0.25, 0.3) is 86.6 Å². The Bertz CT molecular complexity index is 5790. The lowest BCUT2D eigenvalue weighted by Gasteiger charge is -2.15. The lowest BCUT2D eigenvalue weighted by atomic mass is 10.0. The summed E-state index contributed by atoms with van der Waals surface area (Å²) in [5.41, 5.74) is -7.50. The average molecular weight is 1450 g/mol. The first-order chi connectivity index (χ1) is 42.5. The number of carboxylic acids is 1. The molecule has 0 bridgehead atoms. The second kappa shape index (κ2) is 23.6. The van der Waals surface area contributed by atoms with Crippen LogP contribution >= 0.6 is 0 Å². The third-order valence-electron chi connectivity index (χ3n) is 12.1. The van der Waals surface area contributed by atoms with Gasteiger partial charge in [-0.05, 0) is 72.8 Å². The lowest BCUT2D eigenvalue weighted by Crippen LogP contribution is -2.04. The molecule has 0 aliphatic rings. The third-order valence-corrected chi connectivity index (χ3v) is 19.1. The van der Waals surface area contributed by atoms with Crippen LogP contribution in [0.3, 0.4) is 0 Å². The minimum absolute atomic E-state index is 0.0934. The van der Waals surface area contributed by atoms with Gasteiger partial charge in [0.1, 0.15) is 74.1 Å². The van der Waals surface area contributed by atoms with E-state index in [0.717, 1.165) is 24.3 Å². The first-order valence-electron chi connectivity index (χ1n) is 23.1. The van der Waals surface area contributed by atoms with Gasteiger partial charge in [0.2, 0.25) is 11.6 Å². The number of rotatable bonds is 19. The second-order valence-corrected chi connectivity index (χ2v) is 29.0. The number of azo groups is 4. The number of aromatic nitrogens is 2. The number of carbonyl (C=O) groups is 1. The van der Waals surface area contributed by atoms with Crippen molar-refractivity contribution in [3.8, 4) is 23.1 Å². The van der Waals surface area contributed by atoms with Crippen molar-refractivity contribution in [2.24, 2.45) is 40.9 Å². The number of aromatic hydroxyl groups is 3. The first kappa shape index (κ1) is 68.9. The number of non-ortho nitro benzene ring substituents is 1. The summed E-state index contributed by atoms with van der Waals surface area (Å²) < 4.78 is 282. The van der Waals surface area contributed by atoms with Gasteiger partial charge in [-0.15, -0.1) is 40.9 Å². The van der Waals surface area contributed by atoms with Crippen molar-refractivity contribution < 1.29 is 134 Å². The fourth-order valence-corrected chi connectivity index (χ4v) is 13.4. The summed E-state index contributed by atoms with van der Waals surface area (Å²) in [5, 5.41) is 81.8. The summed E-state index contributed by atoms with van der Waals surface area (Å²) in [4.78, 5) is 10.6. The average Bonchev–Trinajstić information content (AvgIpc) is 1.35. The zero-order chi connectivity index (χ0) is 69.6. The highest BCUT2D eigenvalue weighted by atomic mass is 32.2. The zero-order valence-corrected chi connectivity index (χ0v) is 50.5. The smallest absolute Gasteiger partial charge is 0.358 e. The molecule has 7 aromatic carbocycles. The molecule has 0 amide bonds. The van der Waals surface area contributed by atoms with Crippen molar-refractivity contribution in [3.05, 3.63) is 101 Å². The first-order valence-corrected chi connectivity index (χ1v) is 34.6. The van der Waals surface area contributed by atoms with Crippen molar-refractivity contribution in [3.63, 3.8) is 0 Å². The van der Waals surface area contributed by atoms with E-state index in [-0.39, 0.29) is 42.1 Å².